The maximum Gasteiger partial charge on any atom is 0.147 e. The SMILES string of the molecule is COc1ccc(COc2cc(C#Cc3cc(CCl)nn3C)cc3cccnc23)cc1. The van der Waals surface area contributed by atoms with Crippen LogP contribution in [-0.2, 0) is 19.5 Å². The summed E-state index contributed by atoms with van der Waals surface area (Å²) in [5.74, 6) is 8.24. The number of fused-ring (bicyclic) bond motifs is 1. The van der Waals surface area contributed by atoms with E-state index in [2.05, 4.69) is 21.9 Å². The highest BCUT2D eigenvalue weighted by molar-refractivity contribution is 6.16. The maximum atomic E-state index is 6.11. The zero-order valence-corrected chi connectivity index (χ0v) is 17.5. The normalized spacial score (nSPS) is 10.5. The minimum Gasteiger partial charge on any atom is -0.497 e. The van der Waals surface area contributed by atoms with E-state index >= 15 is 0 Å². The summed E-state index contributed by atoms with van der Waals surface area (Å²) in [6.45, 7) is 0.424. The Balaban J connectivity index is 1.64. The van der Waals surface area contributed by atoms with Gasteiger partial charge in [-0.25, -0.2) is 0 Å². The van der Waals surface area contributed by atoms with Gasteiger partial charge in [0.2, 0.25) is 0 Å². The van der Waals surface area contributed by atoms with Crippen LogP contribution in [0.3, 0.4) is 0 Å². The Labute approximate surface area is 180 Å². The lowest BCUT2D eigenvalue weighted by Crippen LogP contribution is -1.98. The molecule has 5 nitrogen and oxygen atoms in total. The van der Waals surface area contributed by atoms with Crippen LogP contribution in [0.4, 0.5) is 0 Å². The molecule has 4 rings (SSSR count). The van der Waals surface area contributed by atoms with Crippen LogP contribution in [0.2, 0.25) is 0 Å². The van der Waals surface area contributed by atoms with Crippen molar-refractivity contribution in [2.24, 2.45) is 7.05 Å². The van der Waals surface area contributed by atoms with Crippen LogP contribution in [0.25, 0.3) is 10.9 Å². The minimum atomic E-state index is 0.362. The largest absolute Gasteiger partial charge is 0.497 e. The van der Waals surface area contributed by atoms with Crippen molar-refractivity contribution in [2.75, 3.05) is 7.11 Å². The maximum absolute atomic E-state index is 6.11. The molecule has 0 atom stereocenters. The van der Waals surface area contributed by atoms with E-state index in [9.17, 15) is 0 Å². The fourth-order valence-corrected chi connectivity index (χ4v) is 3.20. The van der Waals surface area contributed by atoms with Gasteiger partial charge in [-0.2, -0.15) is 5.10 Å². The van der Waals surface area contributed by atoms with E-state index in [-0.39, 0.29) is 0 Å². The van der Waals surface area contributed by atoms with Crippen molar-refractivity contribution in [3.05, 3.63) is 83.3 Å². The van der Waals surface area contributed by atoms with E-state index in [4.69, 9.17) is 21.1 Å². The molecule has 2 aromatic heterocycles. The fraction of sp³-hybridized carbons (Fsp3) is 0.167. The number of alkyl halides is 1. The molecule has 6 heteroatoms. The summed E-state index contributed by atoms with van der Waals surface area (Å²) in [5, 5.41) is 5.30. The van der Waals surface area contributed by atoms with Crippen LogP contribution in [-0.4, -0.2) is 21.9 Å². The van der Waals surface area contributed by atoms with Gasteiger partial charge in [-0.3, -0.25) is 9.67 Å². The van der Waals surface area contributed by atoms with Crippen LogP contribution in [0.1, 0.15) is 22.5 Å². The fourth-order valence-electron chi connectivity index (χ4n) is 3.07. The number of aromatic nitrogens is 3. The number of ether oxygens (including phenoxy) is 2. The van der Waals surface area contributed by atoms with Crippen LogP contribution in [0.5, 0.6) is 11.5 Å². The Bertz CT molecular complexity index is 1240. The van der Waals surface area contributed by atoms with Crippen molar-refractivity contribution in [3.63, 3.8) is 0 Å². The van der Waals surface area contributed by atoms with E-state index in [1.807, 2.05) is 61.6 Å². The standard InChI is InChI=1S/C24H20ClN3O2/c1-28-21(14-20(15-25)27-28)8-5-18-12-19-4-3-11-26-24(19)23(13-18)30-16-17-6-9-22(29-2)10-7-17/h3-4,6-7,9-14H,15-16H2,1-2H3. The van der Waals surface area contributed by atoms with Crippen molar-refractivity contribution in [1.29, 1.82) is 0 Å². The molecule has 0 unspecified atom stereocenters. The second kappa shape index (κ2) is 8.89. The Morgan fingerprint density at radius 3 is 2.63 bits per heavy atom. The van der Waals surface area contributed by atoms with Gasteiger partial charge in [0, 0.05) is 24.2 Å². The highest BCUT2D eigenvalue weighted by Gasteiger charge is 2.07. The number of benzene rings is 2. The highest BCUT2D eigenvalue weighted by Crippen LogP contribution is 2.26. The number of halogens is 1. The summed E-state index contributed by atoms with van der Waals surface area (Å²) in [5.41, 5.74) is 4.29. The molecule has 0 aliphatic heterocycles. The summed E-state index contributed by atoms with van der Waals surface area (Å²) in [6, 6.07) is 17.5. The first-order valence-electron chi connectivity index (χ1n) is 9.41. The van der Waals surface area contributed by atoms with Gasteiger partial charge in [0.25, 0.3) is 0 Å². The van der Waals surface area contributed by atoms with E-state index in [0.717, 1.165) is 39.2 Å². The molecule has 0 N–H and O–H groups in total. The highest BCUT2D eigenvalue weighted by atomic mass is 35.5. The quantitative estimate of drug-likeness (QED) is 0.349. The van der Waals surface area contributed by atoms with Gasteiger partial charge in [-0.05, 0) is 47.9 Å². The van der Waals surface area contributed by atoms with E-state index in [1.54, 1.807) is 18.0 Å². The molecule has 150 valence electrons. The number of pyridine rings is 1. The number of rotatable bonds is 5. The zero-order chi connectivity index (χ0) is 20.9. The second-order valence-electron chi connectivity index (χ2n) is 6.71. The molecule has 0 aliphatic rings. The Morgan fingerprint density at radius 1 is 1.07 bits per heavy atom. The molecule has 2 aromatic carbocycles. The topological polar surface area (TPSA) is 49.2 Å². The molecule has 0 saturated heterocycles. The van der Waals surface area contributed by atoms with E-state index < -0.39 is 0 Å². The summed E-state index contributed by atoms with van der Waals surface area (Å²) in [7, 11) is 3.51. The van der Waals surface area contributed by atoms with Crippen molar-refractivity contribution in [2.45, 2.75) is 12.5 Å². The van der Waals surface area contributed by atoms with Gasteiger partial charge in [-0.1, -0.05) is 24.1 Å². The van der Waals surface area contributed by atoms with Gasteiger partial charge in [0.1, 0.15) is 29.3 Å². The number of methoxy groups -OCH3 is 1. The Kier molecular flexibility index (Phi) is 5.87. The molecule has 4 aromatic rings. The first kappa shape index (κ1) is 19.8. The van der Waals surface area contributed by atoms with Gasteiger partial charge < -0.3 is 9.47 Å². The monoisotopic (exact) mass is 417 g/mol. The van der Waals surface area contributed by atoms with Crippen molar-refractivity contribution in [3.8, 4) is 23.3 Å². The molecule has 0 radical (unpaired) electrons. The van der Waals surface area contributed by atoms with Crippen molar-refractivity contribution >= 4 is 22.5 Å². The molecule has 0 amide bonds. The predicted octanol–water partition coefficient (Wildman–Crippen LogP) is 4.69. The number of aryl methyl sites for hydroxylation is 1. The molecule has 0 saturated carbocycles. The number of nitrogens with zero attached hydrogens (tertiary/aromatic N) is 3. The Morgan fingerprint density at radius 2 is 1.90 bits per heavy atom. The lowest BCUT2D eigenvalue weighted by atomic mass is 10.1. The van der Waals surface area contributed by atoms with Gasteiger partial charge in [-0.15, -0.1) is 11.6 Å². The smallest absolute Gasteiger partial charge is 0.147 e. The van der Waals surface area contributed by atoms with Crippen LogP contribution < -0.4 is 9.47 Å². The first-order valence-corrected chi connectivity index (χ1v) is 9.95. The first-order chi connectivity index (χ1) is 14.7. The van der Waals surface area contributed by atoms with Crippen LogP contribution in [0.15, 0.2) is 60.8 Å². The summed E-state index contributed by atoms with van der Waals surface area (Å²) >= 11 is 5.86. The van der Waals surface area contributed by atoms with Gasteiger partial charge in [0.15, 0.2) is 0 Å². The Hall–Kier alpha value is -3.49. The average Bonchev–Trinajstić information content (AvgIpc) is 3.16. The molecule has 0 spiro atoms. The molecule has 30 heavy (non-hydrogen) atoms. The minimum absolute atomic E-state index is 0.362. The van der Waals surface area contributed by atoms with Crippen LogP contribution in [0, 0.1) is 11.8 Å². The summed E-state index contributed by atoms with van der Waals surface area (Å²) in [6.07, 6.45) is 1.76. The van der Waals surface area contributed by atoms with Crippen LogP contribution >= 0.6 is 11.6 Å². The molecule has 0 aliphatic carbocycles. The lowest BCUT2D eigenvalue weighted by molar-refractivity contribution is 0.309. The lowest BCUT2D eigenvalue weighted by Gasteiger charge is -2.10. The van der Waals surface area contributed by atoms with E-state index in [1.165, 1.54) is 0 Å². The average molecular weight is 418 g/mol. The van der Waals surface area contributed by atoms with E-state index in [0.29, 0.717) is 18.2 Å². The zero-order valence-electron chi connectivity index (χ0n) is 16.7. The van der Waals surface area contributed by atoms with Gasteiger partial charge in [0.05, 0.1) is 18.7 Å². The number of hydrogen-bond donors (Lipinski definition) is 0. The third-order valence-corrected chi connectivity index (χ3v) is 4.90. The predicted molar refractivity (Wildman–Crippen MR) is 118 cm³/mol. The second-order valence-corrected chi connectivity index (χ2v) is 6.98. The van der Waals surface area contributed by atoms with Gasteiger partial charge >= 0.3 is 0 Å². The third kappa shape index (κ3) is 4.40. The molecule has 0 bridgehead atoms. The van der Waals surface area contributed by atoms with Crippen molar-refractivity contribution < 1.29 is 9.47 Å². The number of hydrogen-bond acceptors (Lipinski definition) is 4. The van der Waals surface area contributed by atoms with Crippen molar-refractivity contribution in [1.82, 2.24) is 14.8 Å². The molecular weight excluding hydrogens is 398 g/mol. The summed E-state index contributed by atoms with van der Waals surface area (Å²) < 4.78 is 13.0. The molecular formula is C24H20ClN3O2. The third-order valence-electron chi connectivity index (χ3n) is 4.63. The molecule has 0 fully saturated rings. The summed E-state index contributed by atoms with van der Waals surface area (Å²) in [4.78, 5) is 4.49. The molecule has 2 heterocycles.